The first-order valence-corrected chi connectivity index (χ1v) is 6.80. The van der Waals surface area contributed by atoms with E-state index in [0.29, 0.717) is 0 Å². The van der Waals surface area contributed by atoms with Gasteiger partial charge in [0.25, 0.3) is 0 Å². The summed E-state index contributed by atoms with van der Waals surface area (Å²) in [5.41, 5.74) is 4.36. The van der Waals surface area contributed by atoms with Crippen molar-refractivity contribution in [2.24, 2.45) is 0 Å². The molecule has 1 aromatic carbocycles. The highest BCUT2D eigenvalue weighted by molar-refractivity contribution is 5.67. The first-order chi connectivity index (χ1) is 10.2. The second kappa shape index (κ2) is 5.48. The third-order valence-electron chi connectivity index (χ3n) is 3.60. The lowest BCUT2D eigenvalue weighted by Crippen LogP contribution is -2.14. The van der Waals surface area contributed by atoms with Crippen LogP contribution in [-0.2, 0) is 6.54 Å². The van der Waals surface area contributed by atoms with Crippen LogP contribution in [0.3, 0.4) is 0 Å². The van der Waals surface area contributed by atoms with Gasteiger partial charge < -0.3 is 14.4 Å². The van der Waals surface area contributed by atoms with Crippen LogP contribution in [0.4, 0.5) is 0 Å². The Bertz CT molecular complexity index is 673. The number of methoxy groups -OCH3 is 2. The van der Waals surface area contributed by atoms with Crippen LogP contribution in [-0.4, -0.2) is 31.2 Å². The first kappa shape index (κ1) is 13.5. The van der Waals surface area contributed by atoms with Crippen molar-refractivity contribution >= 4 is 6.08 Å². The molecule has 4 nitrogen and oxygen atoms in total. The average molecular weight is 282 g/mol. The van der Waals surface area contributed by atoms with Crippen molar-refractivity contribution in [3.05, 3.63) is 47.8 Å². The third kappa shape index (κ3) is 2.70. The van der Waals surface area contributed by atoms with Gasteiger partial charge >= 0.3 is 0 Å². The minimum absolute atomic E-state index is 0.765. The Morgan fingerprint density at radius 2 is 1.76 bits per heavy atom. The molecular formula is C17H18N2O2. The summed E-state index contributed by atoms with van der Waals surface area (Å²) < 4.78 is 10.6. The zero-order valence-corrected chi connectivity index (χ0v) is 12.5. The topological polar surface area (TPSA) is 34.6 Å². The monoisotopic (exact) mass is 282 g/mol. The summed E-state index contributed by atoms with van der Waals surface area (Å²) in [5, 5.41) is 0. The normalized spacial score (nSPS) is 13.0. The van der Waals surface area contributed by atoms with Gasteiger partial charge in [0, 0.05) is 31.4 Å². The Labute approximate surface area is 124 Å². The lowest BCUT2D eigenvalue weighted by Gasteiger charge is -2.21. The Balaban J connectivity index is 2.05. The Morgan fingerprint density at radius 3 is 2.43 bits per heavy atom. The molecule has 1 aliphatic rings. The molecule has 0 amide bonds. The molecular weight excluding hydrogens is 264 g/mol. The highest BCUT2D eigenvalue weighted by Crippen LogP contribution is 2.30. The predicted molar refractivity (Wildman–Crippen MR) is 83.3 cm³/mol. The van der Waals surface area contributed by atoms with Crippen LogP contribution >= 0.6 is 0 Å². The standard InChI is InChI=1S/C17H18N2O2/c1-19-5-4-12-10-18-17(8-14(12)11-19)13-6-15(20-2)9-16(7-13)21-3/h4-10H,11H2,1-3H3. The zero-order chi connectivity index (χ0) is 14.8. The van der Waals surface area contributed by atoms with E-state index in [9.17, 15) is 0 Å². The summed E-state index contributed by atoms with van der Waals surface area (Å²) >= 11 is 0. The van der Waals surface area contributed by atoms with Crippen LogP contribution in [0.1, 0.15) is 11.1 Å². The molecule has 1 aromatic heterocycles. The molecule has 3 rings (SSSR count). The number of aromatic nitrogens is 1. The molecule has 0 radical (unpaired) electrons. The van der Waals surface area contributed by atoms with Crippen molar-refractivity contribution in [3.8, 4) is 22.8 Å². The average Bonchev–Trinajstić information content (AvgIpc) is 2.53. The van der Waals surface area contributed by atoms with Crippen molar-refractivity contribution in [3.63, 3.8) is 0 Å². The lowest BCUT2D eigenvalue weighted by atomic mass is 10.0. The fourth-order valence-electron chi connectivity index (χ4n) is 2.44. The summed E-state index contributed by atoms with van der Waals surface area (Å²) in [4.78, 5) is 6.71. The van der Waals surface area contributed by atoms with Gasteiger partial charge in [-0.05, 0) is 41.6 Å². The fourth-order valence-corrected chi connectivity index (χ4v) is 2.44. The Kier molecular flexibility index (Phi) is 3.52. The van der Waals surface area contributed by atoms with Crippen LogP contribution in [0, 0.1) is 0 Å². The molecule has 4 heteroatoms. The largest absolute Gasteiger partial charge is 0.497 e. The van der Waals surface area contributed by atoms with Crippen LogP contribution in [0.15, 0.2) is 36.7 Å². The van der Waals surface area contributed by atoms with Crippen molar-refractivity contribution in [1.82, 2.24) is 9.88 Å². The van der Waals surface area contributed by atoms with Gasteiger partial charge in [-0.15, -0.1) is 0 Å². The minimum atomic E-state index is 0.765. The zero-order valence-electron chi connectivity index (χ0n) is 12.5. The summed E-state index contributed by atoms with van der Waals surface area (Å²) in [6.07, 6.45) is 6.07. The number of ether oxygens (including phenoxy) is 2. The molecule has 0 saturated carbocycles. The molecule has 21 heavy (non-hydrogen) atoms. The maximum atomic E-state index is 5.32. The smallest absolute Gasteiger partial charge is 0.123 e. The van der Waals surface area contributed by atoms with E-state index in [1.807, 2.05) is 24.4 Å². The first-order valence-electron chi connectivity index (χ1n) is 6.80. The third-order valence-corrected chi connectivity index (χ3v) is 3.60. The second-order valence-corrected chi connectivity index (χ2v) is 5.10. The van der Waals surface area contributed by atoms with E-state index in [2.05, 4.69) is 35.3 Å². The van der Waals surface area contributed by atoms with Gasteiger partial charge in [0.05, 0.1) is 19.9 Å². The molecule has 0 N–H and O–H groups in total. The van der Waals surface area contributed by atoms with E-state index >= 15 is 0 Å². The van der Waals surface area contributed by atoms with Gasteiger partial charge in [-0.1, -0.05) is 0 Å². The summed E-state index contributed by atoms with van der Waals surface area (Å²) in [6, 6.07) is 7.93. The summed E-state index contributed by atoms with van der Waals surface area (Å²) in [7, 11) is 5.37. The van der Waals surface area contributed by atoms with E-state index in [1.54, 1.807) is 14.2 Å². The SMILES string of the molecule is COc1cc(OC)cc(-c2cc3c(cn2)C=CN(C)C3)c1. The lowest BCUT2D eigenvalue weighted by molar-refractivity contribution is 0.394. The molecule has 0 unspecified atom stereocenters. The molecule has 0 atom stereocenters. The quantitative estimate of drug-likeness (QED) is 0.866. The molecule has 0 bridgehead atoms. The van der Waals surface area contributed by atoms with Gasteiger partial charge in [-0.2, -0.15) is 0 Å². The van der Waals surface area contributed by atoms with Crippen molar-refractivity contribution < 1.29 is 9.47 Å². The molecule has 2 heterocycles. The summed E-state index contributed by atoms with van der Waals surface area (Å²) in [6.45, 7) is 0.891. The Morgan fingerprint density at radius 1 is 1.05 bits per heavy atom. The maximum Gasteiger partial charge on any atom is 0.123 e. The number of fused-ring (bicyclic) bond motifs is 1. The highest BCUT2D eigenvalue weighted by atomic mass is 16.5. The molecule has 0 aliphatic carbocycles. The van der Waals surface area contributed by atoms with E-state index in [4.69, 9.17) is 9.47 Å². The molecule has 2 aromatic rings. The Hall–Kier alpha value is -2.49. The van der Waals surface area contributed by atoms with E-state index in [1.165, 1.54) is 11.1 Å². The molecule has 1 aliphatic heterocycles. The van der Waals surface area contributed by atoms with Gasteiger partial charge in [0.1, 0.15) is 11.5 Å². The van der Waals surface area contributed by atoms with Crippen LogP contribution < -0.4 is 9.47 Å². The highest BCUT2D eigenvalue weighted by Gasteiger charge is 2.11. The minimum Gasteiger partial charge on any atom is -0.497 e. The fraction of sp³-hybridized carbons (Fsp3) is 0.235. The van der Waals surface area contributed by atoms with Crippen molar-refractivity contribution in [2.45, 2.75) is 6.54 Å². The van der Waals surface area contributed by atoms with E-state index in [-0.39, 0.29) is 0 Å². The van der Waals surface area contributed by atoms with Crippen molar-refractivity contribution in [2.75, 3.05) is 21.3 Å². The van der Waals surface area contributed by atoms with E-state index in [0.717, 1.165) is 29.3 Å². The maximum absolute atomic E-state index is 5.32. The molecule has 0 spiro atoms. The van der Waals surface area contributed by atoms with Gasteiger partial charge in [-0.25, -0.2) is 0 Å². The van der Waals surface area contributed by atoms with Gasteiger partial charge in [-0.3, -0.25) is 4.98 Å². The summed E-state index contributed by atoms with van der Waals surface area (Å²) in [5.74, 6) is 1.53. The number of nitrogens with zero attached hydrogens (tertiary/aromatic N) is 2. The number of benzene rings is 1. The van der Waals surface area contributed by atoms with Gasteiger partial charge in [0.2, 0.25) is 0 Å². The van der Waals surface area contributed by atoms with Crippen LogP contribution in [0.25, 0.3) is 17.3 Å². The number of rotatable bonds is 3. The molecule has 0 saturated heterocycles. The second-order valence-electron chi connectivity index (χ2n) is 5.10. The number of hydrogen-bond donors (Lipinski definition) is 0. The van der Waals surface area contributed by atoms with E-state index < -0.39 is 0 Å². The molecule has 0 fully saturated rings. The van der Waals surface area contributed by atoms with Gasteiger partial charge in [0.15, 0.2) is 0 Å². The number of hydrogen-bond acceptors (Lipinski definition) is 4. The number of pyridine rings is 1. The molecule has 108 valence electrons. The van der Waals surface area contributed by atoms with Crippen LogP contribution in [0.5, 0.6) is 11.5 Å². The van der Waals surface area contributed by atoms with Crippen molar-refractivity contribution in [1.29, 1.82) is 0 Å². The predicted octanol–water partition coefficient (Wildman–Crippen LogP) is 3.18. The van der Waals surface area contributed by atoms with Crippen LogP contribution in [0.2, 0.25) is 0 Å².